The molecule has 0 aromatic heterocycles. The summed E-state index contributed by atoms with van der Waals surface area (Å²) in [6.07, 6.45) is 0. The lowest BCUT2D eigenvalue weighted by Gasteiger charge is -2.09. The van der Waals surface area contributed by atoms with Crippen molar-refractivity contribution in [3.05, 3.63) is 57.8 Å². The van der Waals surface area contributed by atoms with Gasteiger partial charge in [-0.15, -0.1) is 0 Å². The predicted octanol–water partition coefficient (Wildman–Crippen LogP) is 4.26. The van der Waals surface area contributed by atoms with Crippen LogP contribution in [-0.4, -0.2) is 12.5 Å². The highest BCUT2D eigenvalue weighted by Crippen LogP contribution is 2.22. The Bertz CT molecular complexity index is 636. The average molecular weight is 359 g/mol. The van der Waals surface area contributed by atoms with E-state index in [0.29, 0.717) is 16.5 Å². The first-order chi connectivity index (χ1) is 9.56. The third-order valence-corrected chi connectivity index (χ3v) is 3.35. The summed E-state index contributed by atoms with van der Waals surface area (Å²) in [4.78, 5) is 11.7. The number of ether oxygens (including phenoxy) is 1. The zero-order chi connectivity index (χ0) is 14.5. The van der Waals surface area contributed by atoms with Gasteiger partial charge in [-0.3, -0.25) is 4.79 Å². The first-order valence-corrected chi connectivity index (χ1v) is 6.85. The normalized spacial score (nSPS) is 10.2. The van der Waals surface area contributed by atoms with Crippen LogP contribution in [0.2, 0.25) is 5.02 Å². The number of hydrogen-bond acceptors (Lipinski definition) is 2. The molecule has 0 radical (unpaired) electrons. The summed E-state index contributed by atoms with van der Waals surface area (Å²) in [7, 11) is 0. The largest absolute Gasteiger partial charge is 0.484 e. The van der Waals surface area contributed by atoms with Gasteiger partial charge in [-0.05, 0) is 46.3 Å². The zero-order valence-corrected chi connectivity index (χ0v) is 12.5. The van der Waals surface area contributed by atoms with Gasteiger partial charge in [-0.2, -0.15) is 0 Å². The molecule has 0 aliphatic carbocycles. The lowest BCUT2D eigenvalue weighted by Crippen LogP contribution is -2.20. The first kappa shape index (κ1) is 14.8. The van der Waals surface area contributed by atoms with Crippen LogP contribution >= 0.6 is 27.5 Å². The SMILES string of the molecule is O=C(COc1ccc(F)c(Br)c1)Nc1ccccc1Cl. The maximum atomic E-state index is 13.0. The Morgan fingerprint density at radius 2 is 2.05 bits per heavy atom. The molecule has 0 spiro atoms. The van der Waals surface area contributed by atoms with Crippen LogP contribution in [0.15, 0.2) is 46.9 Å². The topological polar surface area (TPSA) is 38.3 Å². The Labute approximate surface area is 128 Å². The van der Waals surface area contributed by atoms with Crippen molar-refractivity contribution in [2.75, 3.05) is 11.9 Å². The van der Waals surface area contributed by atoms with Crippen LogP contribution in [0.1, 0.15) is 0 Å². The number of para-hydroxylation sites is 1. The fourth-order valence-electron chi connectivity index (χ4n) is 1.46. The summed E-state index contributed by atoms with van der Waals surface area (Å²) >= 11 is 8.96. The van der Waals surface area contributed by atoms with E-state index in [2.05, 4.69) is 21.2 Å². The van der Waals surface area contributed by atoms with Crippen LogP contribution in [0.4, 0.5) is 10.1 Å². The van der Waals surface area contributed by atoms with Crippen LogP contribution in [-0.2, 0) is 4.79 Å². The molecular formula is C14H10BrClFNO2. The molecule has 0 atom stereocenters. The Hall–Kier alpha value is -1.59. The predicted molar refractivity (Wildman–Crippen MR) is 79.7 cm³/mol. The summed E-state index contributed by atoms with van der Waals surface area (Å²) in [6.45, 7) is -0.191. The van der Waals surface area contributed by atoms with Gasteiger partial charge in [0.05, 0.1) is 15.2 Å². The average Bonchev–Trinajstić information content (AvgIpc) is 2.43. The van der Waals surface area contributed by atoms with E-state index in [1.165, 1.54) is 18.2 Å². The van der Waals surface area contributed by atoms with Crippen molar-refractivity contribution in [1.29, 1.82) is 0 Å². The van der Waals surface area contributed by atoms with E-state index in [1.54, 1.807) is 24.3 Å². The minimum Gasteiger partial charge on any atom is -0.484 e. The van der Waals surface area contributed by atoms with Gasteiger partial charge in [0.25, 0.3) is 5.91 Å². The number of halogens is 3. The van der Waals surface area contributed by atoms with Crippen molar-refractivity contribution in [1.82, 2.24) is 0 Å². The molecule has 20 heavy (non-hydrogen) atoms. The van der Waals surface area contributed by atoms with Crippen LogP contribution in [0.5, 0.6) is 5.75 Å². The smallest absolute Gasteiger partial charge is 0.262 e. The molecule has 0 heterocycles. The Kier molecular flexibility index (Phi) is 4.98. The highest BCUT2D eigenvalue weighted by Gasteiger charge is 2.07. The summed E-state index contributed by atoms with van der Waals surface area (Å²) in [5.41, 5.74) is 0.517. The van der Waals surface area contributed by atoms with Crippen LogP contribution in [0, 0.1) is 5.82 Å². The Morgan fingerprint density at radius 1 is 1.30 bits per heavy atom. The van der Waals surface area contributed by atoms with Crippen molar-refractivity contribution in [3.8, 4) is 5.75 Å². The quantitative estimate of drug-likeness (QED) is 0.887. The van der Waals surface area contributed by atoms with Crippen LogP contribution < -0.4 is 10.1 Å². The molecule has 2 rings (SSSR count). The van der Waals surface area contributed by atoms with Crippen molar-refractivity contribution < 1.29 is 13.9 Å². The molecule has 0 bridgehead atoms. The van der Waals surface area contributed by atoms with Gasteiger partial charge in [-0.1, -0.05) is 23.7 Å². The second kappa shape index (κ2) is 6.72. The van der Waals surface area contributed by atoms with Crippen molar-refractivity contribution in [3.63, 3.8) is 0 Å². The lowest BCUT2D eigenvalue weighted by atomic mass is 10.3. The number of anilines is 1. The highest BCUT2D eigenvalue weighted by molar-refractivity contribution is 9.10. The number of carbonyl (C=O) groups is 1. The zero-order valence-electron chi connectivity index (χ0n) is 10.2. The van der Waals surface area contributed by atoms with Gasteiger partial charge >= 0.3 is 0 Å². The standard InChI is InChI=1S/C14H10BrClFNO2/c15-10-7-9(5-6-12(10)17)20-8-14(19)18-13-4-2-1-3-11(13)16/h1-7H,8H2,(H,18,19). The minimum atomic E-state index is -0.391. The van der Waals surface area contributed by atoms with E-state index < -0.39 is 5.82 Å². The molecule has 6 heteroatoms. The van der Waals surface area contributed by atoms with Crippen molar-refractivity contribution >= 4 is 39.1 Å². The van der Waals surface area contributed by atoms with Gasteiger partial charge in [0.2, 0.25) is 0 Å². The molecule has 1 amide bonds. The highest BCUT2D eigenvalue weighted by atomic mass is 79.9. The Morgan fingerprint density at radius 3 is 2.75 bits per heavy atom. The van der Waals surface area contributed by atoms with Gasteiger partial charge in [0.15, 0.2) is 6.61 Å². The van der Waals surface area contributed by atoms with E-state index in [0.717, 1.165) is 0 Å². The molecule has 0 saturated heterocycles. The van der Waals surface area contributed by atoms with Gasteiger partial charge < -0.3 is 10.1 Å². The van der Waals surface area contributed by atoms with E-state index in [-0.39, 0.29) is 17.0 Å². The summed E-state index contributed by atoms with van der Waals surface area (Å²) in [5, 5.41) is 3.07. The molecule has 0 fully saturated rings. The first-order valence-electron chi connectivity index (χ1n) is 5.68. The molecule has 2 aromatic carbocycles. The molecule has 0 aliphatic rings. The number of benzene rings is 2. The molecule has 0 unspecified atom stereocenters. The lowest BCUT2D eigenvalue weighted by molar-refractivity contribution is -0.118. The second-order valence-electron chi connectivity index (χ2n) is 3.89. The second-order valence-corrected chi connectivity index (χ2v) is 5.15. The van der Waals surface area contributed by atoms with Gasteiger partial charge in [-0.25, -0.2) is 4.39 Å². The van der Waals surface area contributed by atoms with Crippen molar-refractivity contribution in [2.45, 2.75) is 0 Å². The molecule has 1 N–H and O–H groups in total. The van der Waals surface area contributed by atoms with Crippen LogP contribution in [0.3, 0.4) is 0 Å². The summed E-state index contributed by atoms with van der Waals surface area (Å²) in [5.74, 6) is -0.344. The fourth-order valence-corrected chi connectivity index (χ4v) is 2.01. The molecule has 0 aliphatic heterocycles. The van der Waals surface area contributed by atoms with Gasteiger partial charge in [0, 0.05) is 0 Å². The number of amides is 1. The number of carbonyl (C=O) groups excluding carboxylic acids is 1. The molecular weight excluding hydrogens is 349 g/mol. The summed E-state index contributed by atoms with van der Waals surface area (Å²) < 4.78 is 18.6. The molecule has 3 nitrogen and oxygen atoms in total. The number of rotatable bonds is 4. The van der Waals surface area contributed by atoms with Crippen molar-refractivity contribution in [2.24, 2.45) is 0 Å². The minimum absolute atomic E-state index is 0.191. The monoisotopic (exact) mass is 357 g/mol. The third kappa shape index (κ3) is 3.95. The van der Waals surface area contributed by atoms with E-state index in [1.807, 2.05) is 0 Å². The summed E-state index contributed by atoms with van der Waals surface area (Å²) in [6, 6.07) is 11.1. The van der Waals surface area contributed by atoms with E-state index in [9.17, 15) is 9.18 Å². The maximum absolute atomic E-state index is 13.0. The van der Waals surface area contributed by atoms with E-state index >= 15 is 0 Å². The van der Waals surface area contributed by atoms with Gasteiger partial charge in [0.1, 0.15) is 11.6 Å². The Balaban J connectivity index is 1.92. The molecule has 2 aromatic rings. The molecule has 104 valence electrons. The third-order valence-electron chi connectivity index (χ3n) is 2.41. The van der Waals surface area contributed by atoms with Crippen LogP contribution in [0.25, 0.3) is 0 Å². The number of nitrogens with one attached hydrogen (secondary N) is 1. The fraction of sp³-hybridized carbons (Fsp3) is 0.0714. The number of hydrogen-bond donors (Lipinski definition) is 1. The maximum Gasteiger partial charge on any atom is 0.262 e. The van der Waals surface area contributed by atoms with E-state index in [4.69, 9.17) is 16.3 Å². The molecule has 0 saturated carbocycles.